The molecular weight excluding hydrogens is 226 g/mol. The lowest BCUT2D eigenvalue weighted by Gasteiger charge is -2.28. The summed E-state index contributed by atoms with van der Waals surface area (Å²) in [7, 11) is 0. The Labute approximate surface area is 88.7 Å². The van der Waals surface area contributed by atoms with Gasteiger partial charge in [-0.25, -0.2) is 0 Å². The molecule has 0 bridgehead atoms. The van der Waals surface area contributed by atoms with Crippen molar-refractivity contribution in [1.82, 2.24) is 5.32 Å². The van der Waals surface area contributed by atoms with Crippen LogP contribution in [0, 0.1) is 0 Å². The van der Waals surface area contributed by atoms with E-state index in [2.05, 4.69) is 40.5 Å². The minimum Gasteiger partial charge on any atom is -0.306 e. The largest absolute Gasteiger partial charge is 0.306 e. The second kappa shape index (κ2) is 5.40. The summed E-state index contributed by atoms with van der Waals surface area (Å²) in [6.07, 6.45) is 9.26. The molecule has 0 unspecified atom stereocenters. The van der Waals surface area contributed by atoms with E-state index in [0.29, 0.717) is 12.1 Å². The van der Waals surface area contributed by atoms with E-state index >= 15 is 0 Å². The fourth-order valence-electron chi connectivity index (χ4n) is 1.54. The summed E-state index contributed by atoms with van der Waals surface area (Å²) in [6, 6.07) is 0.958. The first-order valence-electron chi connectivity index (χ1n) is 4.61. The van der Waals surface area contributed by atoms with Gasteiger partial charge in [0, 0.05) is 16.6 Å². The third kappa shape index (κ3) is 3.12. The van der Waals surface area contributed by atoms with Crippen LogP contribution in [0.15, 0.2) is 35.9 Å². The summed E-state index contributed by atoms with van der Waals surface area (Å²) in [6.45, 7) is 7.50. The molecule has 0 radical (unpaired) electrons. The molecule has 0 fully saturated rings. The third-order valence-electron chi connectivity index (χ3n) is 2.22. The summed E-state index contributed by atoms with van der Waals surface area (Å²) >= 11 is 3.56. The molecule has 0 aromatic heterocycles. The predicted octanol–water partition coefficient (Wildman–Crippen LogP) is 3.15. The van der Waals surface area contributed by atoms with E-state index in [1.807, 2.05) is 12.2 Å². The molecule has 0 aliphatic carbocycles. The van der Waals surface area contributed by atoms with Gasteiger partial charge in [0.1, 0.15) is 0 Å². The second-order valence-electron chi connectivity index (χ2n) is 3.29. The van der Waals surface area contributed by atoms with E-state index in [0.717, 1.165) is 19.3 Å². The maximum Gasteiger partial charge on any atom is 0.0420 e. The predicted molar refractivity (Wildman–Crippen MR) is 62.0 cm³/mol. The molecule has 1 heterocycles. The zero-order valence-corrected chi connectivity index (χ0v) is 9.39. The van der Waals surface area contributed by atoms with Crippen molar-refractivity contribution < 1.29 is 0 Å². The number of hydrogen-bond donors (Lipinski definition) is 1. The van der Waals surface area contributed by atoms with Crippen LogP contribution in [0.2, 0.25) is 0 Å². The van der Waals surface area contributed by atoms with Gasteiger partial charge in [-0.1, -0.05) is 34.2 Å². The SMILES string of the molecule is C=CC[C@@H]1CC=C(Br)[C@@H](CC=C)N1. The summed E-state index contributed by atoms with van der Waals surface area (Å²) < 4.78 is 1.26. The van der Waals surface area contributed by atoms with Crippen molar-refractivity contribution in [1.29, 1.82) is 0 Å². The highest BCUT2D eigenvalue weighted by atomic mass is 79.9. The first-order valence-corrected chi connectivity index (χ1v) is 5.40. The van der Waals surface area contributed by atoms with Crippen LogP contribution in [0.5, 0.6) is 0 Å². The van der Waals surface area contributed by atoms with Gasteiger partial charge in [0.05, 0.1) is 0 Å². The number of hydrogen-bond acceptors (Lipinski definition) is 1. The van der Waals surface area contributed by atoms with Crippen LogP contribution < -0.4 is 5.32 Å². The van der Waals surface area contributed by atoms with Gasteiger partial charge in [0.25, 0.3) is 0 Å². The lowest BCUT2D eigenvalue weighted by Crippen LogP contribution is -2.40. The Balaban J connectivity index is 2.54. The Morgan fingerprint density at radius 2 is 2.15 bits per heavy atom. The van der Waals surface area contributed by atoms with Crippen molar-refractivity contribution in [3.05, 3.63) is 35.9 Å². The van der Waals surface area contributed by atoms with Crippen molar-refractivity contribution in [2.24, 2.45) is 0 Å². The van der Waals surface area contributed by atoms with Gasteiger partial charge in [-0.15, -0.1) is 13.2 Å². The molecule has 0 aromatic rings. The molecule has 13 heavy (non-hydrogen) atoms. The Morgan fingerprint density at radius 3 is 2.77 bits per heavy atom. The molecule has 2 atom stereocenters. The molecule has 1 rings (SSSR count). The van der Waals surface area contributed by atoms with Gasteiger partial charge < -0.3 is 5.32 Å². The standard InChI is InChI=1S/C11H16BrN/c1-3-5-9-7-8-10(12)11(13-9)6-4-2/h3-4,8-9,11,13H,1-2,5-7H2/t9-,11-/m1/s1. The van der Waals surface area contributed by atoms with Crippen molar-refractivity contribution in [2.45, 2.75) is 31.3 Å². The van der Waals surface area contributed by atoms with Crippen LogP contribution in [-0.4, -0.2) is 12.1 Å². The molecule has 0 amide bonds. The van der Waals surface area contributed by atoms with E-state index in [-0.39, 0.29) is 0 Å². The van der Waals surface area contributed by atoms with Crippen LogP contribution in [0.4, 0.5) is 0 Å². The average Bonchev–Trinajstić information content (AvgIpc) is 2.12. The normalized spacial score (nSPS) is 27.9. The van der Waals surface area contributed by atoms with Crippen molar-refractivity contribution in [3.63, 3.8) is 0 Å². The minimum absolute atomic E-state index is 0.413. The average molecular weight is 242 g/mol. The molecule has 1 aliphatic rings. The fourth-order valence-corrected chi connectivity index (χ4v) is 2.05. The quantitative estimate of drug-likeness (QED) is 0.747. The van der Waals surface area contributed by atoms with Gasteiger partial charge in [0.2, 0.25) is 0 Å². The Hall–Kier alpha value is -0.340. The smallest absolute Gasteiger partial charge is 0.0420 e. The monoisotopic (exact) mass is 241 g/mol. The van der Waals surface area contributed by atoms with Crippen LogP contribution in [0.1, 0.15) is 19.3 Å². The van der Waals surface area contributed by atoms with Crippen molar-refractivity contribution in [3.8, 4) is 0 Å². The van der Waals surface area contributed by atoms with Gasteiger partial charge in [-0.3, -0.25) is 0 Å². The van der Waals surface area contributed by atoms with Crippen molar-refractivity contribution in [2.75, 3.05) is 0 Å². The molecule has 0 aromatic carbocycles. The maximum atomic E-state index is 3.75. The summed E-state index contributed by atoms with van der Waals surface area (Å²) in [4.78, 5) is 0. The zero-order chi connectivity index (χ0) is 9.68. The Bertz CT molecular complexity index is 220. The van der Waals surface area contributed by atoms with Gasteiger partial charge in [-0.2, -0.15) is 0 Å². The molecule has 1 nitrogen and oxygen atoms in total. The van der Waals surface area contributed by atoms with E-state index in [9.17, 15) is 0 Å². The molecule has 0 spiro atoms. The maximum absolute atomic E-state index is 3.75. The fraction of sp³-hybridized carbons (Fsp3) is 0.455. The number of rotatable bonds is 4. The topological polar surface area (TPSA) is 12.0 Å². The molecule has 0 saturated carbocycles. The molecule has 2 heteroatoms. The molecular formula is C11H16BrN. The Morgan fingerprint density at radius 1 is 1.46 bits per heavy atom. The second-order valence-corrected chi connectivity index (χ2v) is 4.21. The molecule has 0 saturated heterocycles. The summed E-state index contributed by atoms with van der Waals surface area (Å²) in [5.41, 5.74) is 0. The van der Waals surface area contributed by atoms with Crippen LogP contribution in [0.3, 0.4) is 0 Å². The van der Waals surface area contributed by atoms with E-state index in [1.165, 1.54) is 4.48 Å². The molecule has 1 aliphatic heterocycles. The van der Waals surface area contributed by atoms with E-state index in [1.54, 1.807) is 0 Å². The highest BCUT2D eigenvalue weighted by Crippen LogP contribution is 2.22. The summed E-state index contributed by atoms with van der Waals surface area (Å²) in [5, 5.41) is 3.55. The van der Waals surface area contributed by atoms with Gasteiger partial charge in [-0.05, 0) is 19.3 Å². The highest BCUT2D eigenvalue weighted by molar-refractivity contribution is 9.11. The first-order chi connectivity index (χ1) is 6.27. The highest BCUT2D eigenvalue weighted by Gasteiger charge is 2.19. The van der Waals surface area contributed by atoms with Crippen LogP contribution in [-0.2, 0) is 0 Å². The van der Waals surface area contributed by atoms with Crippen molar-refractivity contribution >= 4 is 15.9 Å². The van der Waals surface area contributed by atoms with Crippen LogP contribution in [0.25, 0.3) is 0 Å². The van der Waals surface area contributed by atoms with E-state index < -0.39 is 0 Å². The first kappa shape index (κ1) is 10.7. The van der Waals surface area contributed by atoms with Gasteiger partial charge >= 0.3 is 0 Å². The third-order valence-corrected chi connectivity index (χ3v) is 3.10. The lowest BCUT2D eigenvalue weighted by atomic mass is 10.0. The Kier molecular flexibility index (Phi) is 4.46. The molecule has 1 N–H and O–H groups in total. The van der Waals surface area contributed by atoms with Crippen LogP contribution >= 0.6 is 15.9 Å². The van der Waals surface area contributed by atoms with E-state index in [4.69, 9.17) is 0 Å². The number of nitrogens with one attached hydrogen (secondary N) is 1. The lowest BCUT2D eigenvalue weighted by molar-refractivity contribution is 0.452. The number of halogens is 1. The zero-order valence-electron chi connectivity index (χ0n) is 7.80. The minimum atomic E-state index is 0.413. The van der Waals surface area contributed by atoms with Gasteiger partial charge in [0.15, 0.2) is 0 Å². The molecule has 72 valence electrons. The summed E-state index contributed by atoms with van der Waals surface area (Å²) in [5.74, 6) is 0.